The molecule has 0 aromatic heterocycles. The topological polar surface area (TPSA) is 29.3 Å². The van der Waals surface area contributed by atoms with E-state index < -0.39 is 0 Å². The highest BCUT2D eigenvalue weighted by molar-refractivity contribution is 5.35. The van der Waals surface area contributed by atoms with Crippen LogP contribution in [-0.2, 0) is 0 Å². The summed E-state index contributed by atoms with van der Waals surface area (Å²) in [5.41, 5.74) is 9.35. The summed E-state index contributed by atoms with van der Waals surface area (Å²) in [5.74, 6) is 1.44. The van der Waals surface area contributed by atoms with Crippen LogP contribution in [0.15, 0.2) is 24.3 Å². The van der Waals surface area contributed by atoms with Crippen LogP contribution in [0.1, 0.15) is 56.2 Å². The smallest absolute Gasteiger partial charge is 0.0351 e. The number of fused-ring (bicyclic) bond motifs is 1. The minimum atomic E-state index is 0.357. The van der Waals surface area contributed by atoms with E-state index in [9.17, 15) is 0 Å². The molecule has 3 rings (SSSR count). The van der Waals surface area contributed by atoms with Crippen molar-refractivity contribution in [2.24, 2.45) is 11.7 Å². The Morgan fingerprint density at radius 1 is 1.05 bits per heavy atom. The van der Waals surface area contributed by atoms with Gasteiger partial charge in [-0.05, 0) is 42.2 Å². The van der Waals surface area contributed by atoms with Crippen LogP contribution >= 0.6 is 0 Å². The first-order chi connectivity index (χ1) is 9.15. The molecule has 2 heteroatoms. The van der Waals surface area contributed by atoms with Crippen LogP contribution in [-0.4, -0.2) is 24.0 Å². The first kappa shape index (κ1) is 13.1. The lowest BCUT2D eigenvalue weighted by Crippen LogP contribution is -2.48. The number of likely N-dealkylation sites (tertiary alicyclic amines) is 1. The van der Waals surface area contributed by atoms with E-state index in [-0.39, 0.29) is 0 Å². The van der Waals surface area contributed by atoms with Crippen molar-refractivity contribution in [3.05, 3.63) is 35.4 Å². The lowest BCUT2D eigenvalue weighted by molar-refractivity contribution is 0.103. The molecule has 0 radical (unpaired) electrons. The highest BCUT2D eigenvalue weighted by Gasteiger charge is 2.32. The molecule has 2 nitrogen and oxygen atoms in total. The third-order valence-corrected chi connectivity index (χ3v) is 4.92. The fraction of sp³-hybridized carbons (Fsp3) is 0.647. The number of hydrogen-bond donors (Lipinski definition) is 1. The number of piperidine rings is 1. The molecular weight excluding hydrogens is 232 g/mol. The van der Waals surface area contributed by atoms with Crippen molar-refractivity contribution >= 4 is 0 Å². The van der Waals surface area contributed by atoms with Crippen LogP contribution < -0.4 is 5.73 Å². The van der Waals surface area contributed by atoms with Crippen LogP contribution in [0.5, 0.6) is 0 Å². The van der Waals surface area contributed by atoms with Crippen molar-refractivity contribution in [3.63, 3.8) is 0 Å². The number of benzene rings is 1. The maximum atomic E-state index is 6.23. The fourth-order valence-electron chi connectivity index (χ4n) is 4.06. The normalized spacial score (nSPS) is 35.9. The van der Waals surface area contributed by atoms with Gasteiger partial charge in [-0.2, -0.15) is 0 Å². The zero-order valence-corrected chi connectivity index (χ0v) is 12.2. The Bertz CT molecular complexity index is 433. The average Bonchev–Trinajstić information content (AvgIpc) is 2.38. The molecule has 19 heavy (non-hydrogen) atoms. The number of rotatable bonds is 1. The summed E-state index contributed by atoms with van der Waals surface area (Å²) in [7, 11) is 0. The number of nitrogens with two attached hydrogens (primary N) is 1. The highest BCUT2D eigenvalue weighted by atomic mass is 15.2. The SMILES string of the molecule is CC1CC(N)CN(C2CCC(C)c3ccccc32)C1. The number of hydrogen-bond acceptors (Lipinski definition) is 2. The molecule has 1 heterocycles. The van der Waals surface area contributed by atoms with Gasteiger partial charge in [0.15, 0.2) is 0 Å². The zero-order chi connectivity index (χ0) is 13.4. The van der Waals surface area contributed by atoms with Crippen molar-refractivity contribution in [1.82, 2.24) is 4.90 Å². The van der Waals surface area contributed by atoms with E-state index in [0.717, 1.165) is 12.5 Å². The Hall–Kier alpha value is -0.860. The van der Waals surface area contributed by atoms with Crippen molar-refractivity contribution in [1.29, 1.82) is 0 Å². The first-order valence-electron chi connectivity index (χ1n) is 7.73. The second kappa shape index (κ2) is 5.26. The fourth-order valence-corrected chi connectivity index (χ4v) is 4.06. The quantitative estimate of drug-likeness (QED) is 0.837. The maximum absolute atomic E-state index is 6.23. The predicted octanol–water partition coefficient (Wildman–Crippen LogP) is 3.29. The molecule has 0 spiro atoms. The first-order valence-corrected chi connectivity index (χ1v) is 7.73. The summed E-state index contributed by atoms with van der Waals surface area (Å²) >= 11 is 0. The second-order valence-electron chi connectivity index (χ2n) is 6.68. The summed E-state index contributed by atoms with van der Waals surface area (Å²) in [6.45, 7) is 6.97. The van der Waals surface area contributed by atoms with Gasteiger partial charge in [0.1, 0.15) is 0 Å². The Kier molecular flexibility index (Phi) is 3.64. The maximum Gasteiger partial charge on any atom is 0.0351 e. The van der Waals surface area contributed by atoms with Gasteiger partial charge in [0.2, 0.25) is 0 Å². The minimum Gasteiger partial charge on any atom is -0.327 e. The van der Waals surface area contributed by atoms with E-state index in [0.29, 0.717) is 18.0 Å². The average molecular weight is 258 g/mol. The molecule has 1 fully saturated rings. The van der Waals surface area contributed by atoms with Gasteiger partial charge in [-0.15, -0.1) is 0 Å². The summed E-state index contributed by atoms with van der Waals surface area (Å²) in [5, 5.41) is 0. The van der Waals surface area contributed by atoms with E-state index >= 15 is 0 Å². The molecule has 2 aliphatic rings. The molecule has 0 bridgehead atoms. The summed E-state index contributed by atoms with van der Waals surface area (Å²) in [6, 6.07) is 9.98. The Labute approximate surface area is 117 Å². The second-order valence-corrected chi connectivity index (χ2v) is 6.68. The minimum absolute atomic E-state index is 0.357. The third-order valence-electron chi connectivity index (χ3n) is 4.92. The van der Waals surface area contributed by atoms with Gasteiger partial charge >= 0.3 is 0 Å². The van der Waals surface area contributed by atoms with Crippen LogP contribution in [0, 0.1) is 5.92 Å². The van der Waals surface area contributed by atoms with E-state index in [4.69, 9.17) is 5.73 Å². The highest BCUT2D eigenvalue weighted by Crippen LogP contribution is 2.41. The molecule has 1 saturated heterocycles. The summed E-state index contributed by atoms with van der Waals surface area (Å²) in [4.78, 5) is 2.64. The van der Waals surface area contributed by atoms with E-state index in [1.807, 2.05) is 0 Å². The number of nitrogens with zero attached hydrogens (tertiary/aromatic N) is 1. The predicted molar refractivity (Wildman–Crippen MR) is 80.2 cm³/mol. The Balaban J connectivity index is 1.88. The van der Waals surface area contributed by atoms with Crippen molar-refractivity contribution in [3.8, 4) is 0 Å². The molecule has 2 N–H and O–H groups in total. The largest absolute Gasteiger partial charge is 0.327 e. The lowest BCUT2D eigenvalue weighted by Gasteiger charge is -2.43. The lowest BCUT2D eigenvalue weighted by atomic mass is 9.79. The Morgan fingerprint density at radius 2 is 1.79 bits per heavy atom. The molecule has 1 aliphatic carbocycles. The van der Waals surface area contributed by atoms with Gasteiger partial charge in [0.05, 0.1) is 0 Å². The van der Waals surface area contributed by atoms with Crippen LogP contribution in [0.4, 0.5) is 0 Å². The van der Waals surface area contributed by atoms with Gasteiger partial charge in [-0.25, -0.2) is 0 Å². The molecule has 1 aromatic carbocycles. The summed E-state index contributed by atoms with van der Waals surface area (Å²) in [6.07, 6.45) is 3.78. The molecule has 1 aliphatic heterocycles. The molecule has 4 unspecified atom stereocenters. The third kappa shape index (κ3) is 2.56. The molecular formula is C17H26N2. The van der Waals surface area contributed by atoms with Crippen LogP contribution in [0.3, 0.4) is 0 Å². The van der Waals surface area contributed by atoms with E-state index in [1.54, 1.807) is 11.1 Å². The molecule has 0 amide bonds. The zero-order valence-electron chi connectivity index (χ0n) is 12.2. The van der Waals surface area contributed by atoms with Crippen LogP contribution in [0.25, 0.3) is 0 Å². The molecule has 4 atom stereocenters. The van der Waals surface area contributed by atoms with Crippen LogP contribution in [0.2, 0.25) is 0 Å². The van der Waals surface area contributed by atoms with E-state index in [1.165, 1.54) is 25.8 Å². The standard InChI is InChI=1S/C17H26N2/c1-12-9-14(18)11-19(10-12)17-8-7-13(2)15-5-3-4-6-16(15)17/h3-6,12-14,17H,7-11,18H2,1-2H3. The van der Waals surface area contributed by atoms with E-state index in [2.05, 4.69) is 43.0 Å². The molecule has 0 saturated carbocycles. The van der Waals surface area contributed by atoms with Gasteiger partial charge < -0.3 is 5.73 Å². The van der Waals surface area contributed by atoms with Crippen molar-refractivity contribution in [2.45, 2.75) is 51.1 Å². The van der Waals surface area contributed by atoms with Gasteiger partial charge in [-0.3, -0.25) is 4.90 Å². The monoisotopic (exact) mass is 258 g/mol. The van der Waals surface area contributed by atoms with Gasteiger partial charge in [0.25, 0.3) is 0 Å². The van der Waals surface area contributed by atoms with Gasteiger partial charge in [0, 0.05) is 25.2 Å². The van der Waals surface area contributed by atoms with Crippen molar-refractivity contribution in [2.75, 3.05) is 13.1 Å². The molecule has 1 aromatic rings. The van der Waals surface area contributed by atoms with Gasteiger partial charge in [-0.1, -0.05) is 38.1 Å². The summed E-state index contributed by atoms with van der Waals surface area (Å²) < 4.78 is 0. The Morgan fingerprint density at radius 3 is 2.53 bits per heavy atom. The molecule has 104 valence electrons. The van der Waals surface area contributed by atoms with Crippen molar-refractivity contribution < 1.29 is 0 Å².